The minimum Gasteiger partial charge on any atom is -0.374 e. The molecule has 2 aromatic rings. The summed E-state index contributed by atoms with van der Waals surface area (Å²) in [5.74, 6) is -2.24. The Balaban J connectivity index is 2.18. The molecule has 0 fully saturated rings. The van der Waals surface area contributed by atoms with Crippen molar-refractivity contribution < 1.29 is 27.9 Å². The van der Waals surface area contributed by atoms with Crippen LogP contribution in [-0.4, -0.2) is 48.9 Å². The minimum atomic E-state index is -5.16. The van der Waals surface area contributed by atoms with Gasteiger partial charge in [-0.15, -0.1) is 0 Å². The van der Waals surface area contributed by atoms with Gasteiger partial charge in [-0.3, -0.25) is 14.7 Å². The average Bonchev–Trinajstić information content (AvgIpc) is 3.24. The number of halogens is 3. The van der Waals surface area contributed by atoms with Crippen LogP contribution in [0.5, 0.6) is 0 Å². The van der Waals surface area contributed by atoms with E-state index in [9.17, 15) is 27.9 Å². The third-order valence-corrected chi connectivity index (χ3v) is 4.19. The highest BCUT2D eigenvalue weighted by Gasteiger charge is 2.58. The van der Waals surface area contributed by atoms with Gasteiger partial charge in [-0.2, -0.15) is 18.3 Å². The van der Waals surface area contributed by atoms with Gasteiger partial charge < -0.3 is 20.3 Å². The first-order chi connectivity index (χ1) is 13.4. The number of hydrogen-bond donors (Lipinski definition) is 4. The summed E-state index contributed by atoms with van der Waals surface area (Å²) in [4.78, 5) is 28.4. The summed E-state index contributed by atoms with van der Waals surface area (Å²) in [6.07, 6.45) is -2.60. The molecule has 4 N–H and O–H groups in total. The molecule has 0 saturated heterocycles. The van der Waals surface area contributed by atoms with E-state index in [-0.39, 0.29) is 18.2 Å². The molecule has 0 spiro atoms. The van der Waals surface area contributed by atoms with E-state index in [0.717, 1.165) is 10.8 Å². The summed E-state index contributed by atoms with van der Waals surface area (Å²) >= 11 is 0. The van der Waals surface area contributed by atoms with Gasteiger partial charge in [0.2, 0.25) is 17.4 Å². The highest BCUT2D eigenvalue weighted by atomic mass is 19.4. The van der Waals surface area contributed by atoms with E-state index in [2.05, 4.69) is 25.8 Å². The number of aryl methyl sites for hydroxylation is 1. The largest absolute Gasteiger partial charge is 0.425 e. The summed E-state index contributed by atoms with van der Waals surface area (Å²) in [5, 5.41) is 21.3. The van der Waals surface area contributed by atoms with Gasteiger partial charge in [0, 0.05) is 25.5 Å². The number of amides is 2. The molecule has 2 heterocycles. The number of carbonyl (C=O) groups is 2. The number of imidazole rings is 1. The lowest BCUT2D eigenvalue weighted by Crippen LogP contribution is -2.51. The lowest BCUT2D eigenvalue weighted by Gasteiger charge is -2.30. The van der Waals surface area contributed by atoms with Crippen molar-refractivity contribution in [2.45, 2.75) is 44.5 Å². The van der Waals surface area contributed by atoms with Crippen molar-refractivity contribution in [2.75, 3.05) is 5.32 Å². The van der Waals surface area contributed by atoms with Gasteiger partial charge in [-0.05, 0) is 12.3 Å². The third-order valence-electron chi connectivity index (χ3n) is 4.19. The van der Waals surface area contributed by atoms with Crippen molar-refractivity contribution in [2.24, 2.45) is 13.0 Å². The van der Waals surface area contributed by atoms with Crippen LogP contribution in [0.25, 0.3) is 0 Å². The molecule has 12 heteroatoms. The standard InChI is InChI=1S/C17H23F3N6O3/c1-10(2)8-11(14(28)24-12-4-5-22-25-12)23-13(27)9-16(29,17(18,19)20)15-21-6-7-26(15)3/h4-7,10-11,29H,8-9H2,1-3H3,(H,23,27)(H2,22,24,25,28). The quantitative estimate of drug-likeness (QED) is 0.518. The summed E-state index contributed by atoms with van der Waals surface area (Å²) < 4.78 is 41.8. The number of H-pyrrole nitrogens is 1. The normalized spacial score (nSPS) is 15.0. The maximum atomic E-state index is 13.6. The summed E-state index contributed by atoms with van der Waals surface area (Å²) in [7, 11) is 1.27. The lowest BCUT2D eigenvalue weighted by molar-refractivity contribution is -0.271. The van der Waals surface area contributed by atoms with Crippen LogP contribution >= 0.6 is 0 Å². The maximum Gasteiger partial charge on any atom is 0.425 e. The average molecular weight is 416 g/mol. The Kier molecular flexibility index (Phi) is 6.67. The monoisotopic (exact) mass is 416 g/mol. The molecular weight excluding hydrogens is 393 g/mol. The van der Waals surface area contributed by atoms with Gasteiger partial charge in [-0.25, -0.2) is 4.98 Å². The zero-order valence-electron chi connectivity index (χ0n) is 16.1. The van der Waals surface area contributed by atoms with Crippen LogP contribution in [-0.2, 0) is 22.2 Å². The summed E-state index contributed by atoms with van der Waals surface area (Å²) in [6.45, 7) is 3.59. The van der Waals surface area contributed by atoms with Gasteiger partial charge in [0.05, 0.1) is 12.6 Å². The predicted molar refractivity (Wildman–Crippen MR) is 96.4 cm³/mol. The Morgan fingerprint density at radius 2 is 2.00 bits per heavy atom. The zero-order chi connectivity index (χ0) is 21.8. The van der Waals surface area contributed by atoms with E-state index in [1.165, 1.54) is 25.5 Å². The number of aromatic amines is 1. The van der Waals surface area contributed by atoms with Gasteiger partial charge in [-0.1, -0.05) is 13.8 Å². The topological polar surface area (TPSA) is 125 Å². The van der Waals surface area contributed by atoms with Crippen LogP contribution in [0.15, 0.2) is 24.7 Å². The molecule has 0 aromatic carbocycles. The molecule has 9 nitrogen and oxygen atoms in total. The Bertz CT molecular complexity index is 834. The first kappa shape index (κ1) is 22.4. The molecule has 29 heavy (non-hydrogen) atoms. The second kappa shape index (κ2) is 8.64. The molecule has 0 bridgehead atoms. The van der Waals surface area contributed by atoms with Crippen molar-refractivity contribution in [1.29, 1.82) is 0 Å². The zero-order valence-corrected chi connectivity index (χ0v) is 16.1. The molecule has 0 aliphatic rings. The fourth-order valence-corrected chi connectivity index (χ4v) is 2.80. The van der Waals surface area contributed by atoms with E-state index in [1.807, 2.05) is 0 Å². The van der Waals surface area contributed by atoms with Gasteiger partial charge >= 0.3 is 6.18 Å². The fraction of sp³-hybridized carbons (Fsp3) is 0.529. The SMILES string of the molecule is CC(C)CC(NC(=O)CC(O)(c1nccn1C)C(F)(F)F)C(=O)Nc1ccn[nH]1. The fourth-order valence-electron chi connectivity index (χ4n) is 2.80. The number of rotatable bonds is 8. The number of aliphatic hydroxyl groups is 1. The van der Waals surface area contributed by atoms with Crippen LogP contribution in [0, 0.1) is 5.92 Å². The van der Waals surface area contributed by atoms with Gasteiger partial charge in [0.15, 0.2) is 5.82 Å². The maximum absolute atomic E-state index is 13.6. The minimum absolute atomic E-state index is 0.0381. The van der Waals surface area contributed by atoms with Crippen molar-refractivity contribution in [1.82, 2.24) is 25.1 Å². The number of carbonyl (C=O) groups excluding carboxylic acids is 2. The molecule has 0 saturated carbocycles. The van der Waals surface area contributed by atoms with Crippen LogP contribution in [0.4, 0.5) is 19.0 Å². The number of alkyl halides is 3. The Morgan fingerprint density at radius 3 is 2.48 bits per heavy atom. The number of aromatic nitrogens is 4. The second-order valence-electron chi connectivity index (χ2n) is 7.11. The molecule has 160 valence electrons. The van der Waals surface area contributed by atoms with Crippen molar-refractivity contribution in [3.8, 4) is 0 Å². The van der Waals surface area contributed by atoms with Crippen molar-refractivity contribution in [3.05, 3.63) is 30.5 Å². The summed E-state index contributed by atoms with van der Waals surface area (Å²) in [5.41, 5.74) is -3.50. The van der Waals surface area contributed by atoms with Crippen LogP contribution in [0.3, 0.4) is 0 Å². The Hall–Kier alpha value is -2.89. The van der Waals surface area contributed by atoms with E-state index < -0.39 is 41.9 Å². The van der Waals surface area contributed by atoms with E-state index in [4.69, 9.17) is 0 Å². The highest BCUT2D eigenvalue weighted by molar-refractivity contribution is 5.96. The van der Waals surface area contributed by atoms with Gasteiger partial charge in [0.1, 0.15) is 11.9 Å². The molecule has 2 unspecified atom stereocenters. The number of hydrogen-bond acceptors (Lipinski definition) is 5. The molecule has 2 aromatic heterocycles. The Labute approximate surface area is 164 Å². The smallest absolute Gasteiger partial charge is 0.374 e. The van der Waals surface area contributed by atoms with E-state index >= 15 is 0 Å². The predicted octanol–water partition coefficient (Wildman–Crippen LogP) is 1.45. The molecule has 0 radical (unpaired) electrons. The van der Waals surface area contributed by atoms with Crippen molar-refractivity contribution in [3.63, 3.8) is 0 Å². The van der Waals surface area contributed by atoms with E-state index in [1.54, 1.807) is 13.8 Å². The molecule has 2 atom stereocenters. The van der Waals surface area contributed by atoms with Gasteiger partial charge in [0.25, 0.3) is 0 Å². The van der Waals surface area contributed by atoms with Crippen LogP contribution < -0.4 is 10.6 Å². The van der Waals surface area contributed by atoms with Crippen LogP contribution in [0.2, 0.25) is 0 Å². The first-order valence-electron chi connectivity index (χ1n) is 8.80. The molecular formula is C17H23F3N6O3. The summed E-state index contributed by atoms with van der Waals surface area (Å²) in [6, 6.07) is 0.375. The Morgan fingerprint density at radius 1 is 1.31 bits per heavy atom. The molecule has 0 aliphatic carbocycles. The number of nitrogens with zero attached hydrogens (tertiary/aromatic N) is 3. The highest BCUT2D eigenvalue weighted by Crippen LogP contribution is 2.40. The first-order valence-corrected chi connectivity index (χ1v) is 8.80. The lowest BCUT2D eigenvalue weighted by atomic mass is 9.96. The van der Waals surface area contributed by atoms with Crippen molar-refractivity contribution >= 4 is 17.6 Å². The third kappa shape index (κ3) is 5.34. The van der Waals surface area contributed by atoms with E-state index in [0.29, 0.717) is 0 Å². The molecule has 2 rings (SSSR count). The number of anilines is 1. The molecule has 2 amide bonds. The number of nitrogens with one attached hydrogen (secondary N) is 3. The van der Waals surface area contributed by atoms with Crippen LogP contribution in [0.1, 0.15) is 32.5 Å². The second-order valence-corrected chi connectivity index (χ2v) is 7.11. The molecule has 0 aliphatic heterocycles.